The van der Waals surface area contributed by atoms with Gasteiger partial charge in [-0.25, -0.2) is 0 Å². The van der Waals surface area contributed by atoms with Crippen LogP contribution in [-0.2, 0) is 0 Å². The molecule has 0 aliphatic carbocycles. The van der Waals surface area contributed by atoms with Crippen molar-refractivity contribution in [1.82, 2.24) is 5.32 Å². The maximum absolute atomic E-state index is 11.7. The summed E-state index contributed by atoms with van der Waals surface area (Å²) >= 11 is 9.65. The second-order valence-electron chi connectivity index (χ2n) is 3.20. The molecule has 0 aliphatic heterocycles. The van der Waals surface area contributed by atoms with E-state index in [0.29, 0.717) is 10.6 Å². The Morgan fingerprint density at radius 1 is 1.29 bits per heavy atom. The van der Waals surface area contributed by atoms with Crippen molar-refractivity contribution in [2.75, 3.05) is 18.6 Å². The van der Waals surface area contributed by atoms with Crippen LogP contribution in [0, 0.1) is 0 Å². The van der Waals surface area contributed by atoms with Gasteiger partial charge in [0.15, 0.2) is 0 Å². The smallest absolute Gasteiger partial charge is 0.252 e. The molecule has 0 atom stereocenters. The Kier molecular flexibility index (Phi) is 6.23. The highest BCUT2D eigenvalue weighted by Crippen LogP contribution is 2.37. The van der Waals surface area contributed by atoms with Crippen molar-refractivity contribution in [3.63, 3.8) is 0 Å². The van der Waals surface area contributed by atoms with Crippen LogP contribution >= 0.6 is 35.1 Å². The minimum Gasteiger partial charge on any atom is -0.355 e. The van der Waals surface area contributed by atoms with Crippen LogP contribution in [0.1, 0.15) is 24.2 Å². The molecule has 0 radical (unpaired) electrons. The molecule has 0 saturated heterocycles. The average molecular weight is 290 g/mol. The van der Waals surface area contributed by atoms with Gasteiger partial charge in [-0.15, -0.1) is 23.5 Å². The van der Waals surface area contributed by atoms with Crippen LogP contribution in [0.4, 0.5) is 0 Å². The fourth-order valence-corrected chi connectivity index (χ4v) is 3.51. The van der Waals surface area contributed by atoms with Crippen molar-refractivity contribution in [2.24, 2.45) is 0 Å². The van der Waals surface area contributed by atoms with E-state index in [1.165, 1.54) is 0 Å². The molecule has 5 heteroatoms. The van der Waals surface area contributed by atoms with Gasteiger partial charge in [-0.05, 0) is 23.6 Å². The van der Waals surface area contributed by atoms with Crippen molar-refractivity contribution in [1.29, 1.82) is 0 Å². The first-order chi connectivity index (χ1) is 8.15. The first-order valence-electron chi connectivity index (χ1n) is 5.45. The molecule has 1 rings (SSSR count). The molecular weight excluding hydrogens is 274 g/mol. The quantitative estimate of drug-likeness (QED) is 0.833. The summed E-state index contributed by atoms with van der Waals surface area (Å²) in [6, 6.07) is 3.77. The summed E-state index contributed by atoms with van der Waals surface area (Å²) in [5.74, 6) is 1.77. The van der Waals surface area contributed by atoms with Gasteiger partial charge in [-0.3, -0.25) is 4.79 Å². The van der Waals surface area contributed by atoms with Crippen molar-refractivity contribution < 1.29 is 4.79 Å². The zero-order valence-corrected chi connectivity index (χ0v) is 12.6. The molecule has 0 bridgehead atoms. The number of amides is 1. The predicted molar refractivity (Wildman–Crippen MR) is 77.6 cm³/mol. The third-order valence-corrected chi connectivity index (χ3v) is 4.68. The third-order valence-electron chi connectivity index (χ3n) is 2.12. The van der Waals surface area contributed by atoms with Crippen LogP contribution in [0.3, 0.4) is 0 Å². The largest absolute Gasteiger partial charge is 0.355 e. The van der Waals surface area contributed by atoms with E-state index in [9.17, 15) is 4.79 Å². The molecule has 0 heterocycles. The van der Waals surface area contributed by atoms with E-state index >= 15 is 0 Å². The number of thioether (sulfide) groups is 2. The van der Waals surface area contributed by atoms with Crippen LogP contribution in [0.25, 0.3) is 0 Å². The second kappa shape index (κ2) is 7.19. The van der Waals surface area contributed by atoms with E-state index in [-0.39, 0.29) is 5.91 Å². The molecule has 0 saturated carbocycles. The van der Waals surface area contributed by atoms with Gasteiger partial charge in [0, 0.05) is 16.8 Å². The highest BCUT2D eigenvalue weighted by molar-refractivity contribution is 8.00. The summed E-state index contributed by atoms with van der Waals surface area (Å²) in [7, 11) is 1.63. The lowest BCUT2D eigenvalue weighted by Crippen LogP contribution is -2.18. The fourth-order valence-electron chi connectivity index (χ4n) is 1.40. The highest BCUT2D eigenvalue weighted by Gasteiger charge is 2.16. The molecule has 1 aromatic carbocycles. The maximum atomic E-state index is 11.7. The van der Waals surface area contributed by atoms with Gasteiger partial charge in [0.1, 0.15) is 0 Å². The first kappa shape index (κ1) is 14.7. The summed E-state index contributed by atoms with van der Waals surface area (Å²) in [6.07, 6.45) is 0. The topological polar surface area (TPSA) is 29.1 Å². The normalized spacial score (nSPS) is 10.4. The molecule has 1 aromatic rings. The van der Waals surface area contributed by atoms with Crippen molar-refractivity contribution >= 4 is 41.0 Å². The minimum absolute atomic E-state index is 0.0871. The molecule has 0 fully saturated rings. The SMILES string of the molecule is CCSc1ccc(C(=O)NC)c(SCC)c1Cl. The summed E-state index contributed by atoms with van der Waals surface area (Å²) in [6.45, 7) is 4.13. The predicted octanol–water partition coefficient (Wildman–Crippen LogP) is 3.92. The summed E-state index contributed by atoms with van der Waals surface area (Å²) in [5.41, 5.74) is 0.657. The van der Waals surface area contributed by atoms with Crippen molar-refractivity contribution in [3.8, 4) is 0 Å². The Morgan fingerprint density at radius 3 is 2.47 bits per heavy atom. The molecule has 2 nitrogen and oxygen atoms in total. The number of carbonyl (C=O) groups is 1. The van der Waals surface area contributed by atoms with Crippen LogP contribution in [0.15, 0.2) is 21.9 Å². The first-order valence-corrected chi connectivity index (χ1v) is 7.80. The van der Waals surface area contributed by atoms with E-state index in [0.717, 1.165) is 21.3 Å². The van der Waals surface area contributed by atoms with Gasteiger partial charge in [-0.1, -0.05) is 25.4 Å². The van der Waals surface area contributed by atoms with Gasteiger partial charge in [0.05, 0.1) is 10.6 Å². The maximum Gasteiger partial charge on any atom is 0.252 e. The monoisotopic (exact) mass is 289 g/mol. The highest BCUT2D eigenvalue weighted by atomic mass is 35.5. The molecule has 1 amide bonds. The third kappa shape index (κ3) is 3.57. The average Bonchev–Trinajstić information content (AvgIpc) is 2.34. The molecule has 17 heavy (non-hydrogen) atoms. The van der Waals surface area contributed by atoms with E-state index in [2.05, 4.69) is 12.2 Å². The zero-order chi connectivity index (χ0) is 12.8. The Morgan fingerprint density at radius 2 is 1.94 bits per heavy atom. The number of nitrogens with one attached hydrogen (secondary N) is 1. The number of hydrogen-bond donors (Lipinski definition) is 1. The number of benzene rings is 1. The van der Waals surface area contributed by atoms with Crippen LogP contribution in [0.2, 0.25) is 5.02 Å². The molecule has 0 aromatic heterocycles. The van der Waals surface area contributed by atoms with Gasteiger partial charge in [-0.2, -0.15) is 0 Å². The molecule has 94 valence electrons. The Balaban J connectivity index is 3.23. The van der Waals surface area contributed by atoms with Crippen LogP contribution in [0.5, 0.6) is 0 Å². The minimum atomic E-state index is -0.0871. The van der Waals surface area contributed by atoms with Crippen molar-refractivity contribution in [3.05, 3.63) is 22.7 Å². The molecule has 0 spiro atoms. The Hall–Kier alpha value is -0.320. The lowest BCUT2D eigenvalue weighted by Gasteiger charge is -2.12. The van der Waals surface area contributed by atoms with E-state index in [1.54, 1.807) is 30.6 Å². The fraction of sp³-hybridized carbons (Fsp3) is 0.417. The molecule has 0 unspecified atom stereocenters. The van der Waals surface area contributed by atoms with E-state index < -0.39 is 0 Å². The van der Waals surface area contributed by atoms with Gasteiger partial charge < -0.3 is 5.32 Å². The van der Waals surface area contributed by atoms with Crippen LogP contribution < -0.4 is 5.32 Å². The second-order valence-corrected chi connectivity index (χ2v) is 6.16. The van der Waals surface area contributed by atoms with Gasteiger partial charge in [0.2, 0.25) is 0 Å². The van der Waals surface area contributed by atoms with Gasteiger partial charge in [0.25, 0.3) is 5.91 Å². The van der Waals surface area contributed by atoms with Crippen LogP contribution in [-0.4, -0.2) is 24.5 Å². The number of carbonyl (C=O) groups excluding carboxylic acids is 1. The Bertz CT molecular complexity index is 410. The number of halogens is 1. The standard InChI is InChI=1S/C12H16ClNOS2/c1-4-16-9-7-6-8(12(15)14-3)11(10(9)13)17-5-2/h6-7H,4-5H2,1-3H3,(H,14,15). The van der Waals surface area contributed by atoms with Crippen molar-refractivity contribution in [2.45, 2.75) is 23.6 Å². The molecule has 1 N–H and O–H groups in total. The Labute approximate surface area is 116 Å². The molecule has 0 aliphatic rings. The summed E-state index contributed by atoms with van der Waals surface area (Å²) in [4.78, 5) is 13.7. The number of hydrogen-bond acceptors (Lipinski definition) is 3. The zero-order valence-electron chi connectivity index (χ0n) is 10.2. The van der Waals surface area contributed by atoms with E-state index in [1.807, 2.05) is 19.1 Å². The summed E-state index contributed by atoms with van der Waals surface area (Å²) in [5, 5.41) is 3.34. The van der Waals surface area contributed by atoms with E-state index in [4.69, 9.17) is 11.6 Å². The lowest BCUT2D eigenvalue weighted by atomic mass is 10.2. The molecular formula is C12H16ClNOS2. The number of rotatable bonds is 5. The van der Waals surface area contributed by atoms with Gasteiger partial charge >= 0.3 is 0 Å². The summed E-state index contributed by atoms with van der Waals surface area (Å²) < 4.78 is 0. The lowest BCUT2D eigenvalue weighted by molar-refractivity contribution is 0.0960.